The summed E-state index contributed by atoms with van der Waals surface area (Å²) in [5, 5.41) is 2.24. The van der Waals surface area contributed by atoms with E-state index >= 15 is 0 Å². The van der Waals surface area contributed by atoms with Gasteiger partial charge in [0.25, 0.3) is 11.1 Å². The molecule has 0 aromatic heterocycles. The van der Waals surface area contributed by atoms with E-state index in [1.165, 1.54) is 0 Å². The van der Waals surface area contributed by atoms with Gasteiger partial charge in [-0.25, -0.2) is 0 Å². The molecule has 0 spiro atoms. The maximum atomic E-state index is 12.8. The van der Waals surface area contributed by atoms with Gasteiger partial charge in [-0.2, -0.15) is 0 Å². The lowest BCUT2D eigenvalue weighted by molar-refractivity contribution is -0.127. The van der Waals surface area contributed by atoms with Gasteiger partial charge in [-0.3, -0.25) is 19.3 Å². The number of hydrogen-bond acceptors (Lipinski definition) is 6. The Bertz CT molecular complexity index is 1060. The van der Waals surface area contributed by atoms with E-state index < -0.39 is 17.1 Å². The first-order chi connectivity index (χ1) is 15.8. The second-order valence-electron chi connectivity index (χ2n) is 7.61. The topological polar surface area (TPSA) is 84.9 Å². The van der Waals surface area contributed by atoms with E-state index in [0.29, 0.717) is 22.7 Å². The molecule has 2 aromatic carbocycles. The third-order valence-corrected chi connectivity index (χ3v) is 6.12. The number of thioether (sulfide) groups is 1. The molecule has 8 heteroatoms. The quantitative estimate of drug-likeness (QED) is 0.515. The minimum Gasteiger partial charge on any atom is -0.493 e. The molecule has 0 saturated carbocycles. The lowest BCUT2D eigenvalue weighted by Gasteiger charge is -2.15. The smallest absolute Gasteiger partial charge is 0.294 e. The fourth-order valence-electron chi connectivity index (χ4n) is 3.13. The number of anilines is 1. The fraction of sp³-hybridized carbons (Fsp3) is 0.320. The van der Waals surface area contributed by atoms with E-state index in [1.54, 1.807) is 43.5 Å². The van der Waals surface area contributed by atoms with Gasteiger partial charge >= 0.3 is 0 Å². The summed E-state index contributed by atoms with van der Waals surface area (Å²) >= 11 is 0.808. The van der Waals surface area contributed by atoms with Gasteiger partial charge in [0.15, 0.2) is 11.5 Å². The van der Waals surface area contributed by atoms with Gasteiger partial charge in [0.2, 0.25) is 5.91 Å². The Hall–Kier alpha value is -3.26. The molecular weight excluding hydrogens is 440 g/mol. The van der Waals surface area contributed by atoms with Gasteiger partial charge in [-0.15, -0.1) is 0 Å². The molecule has 1 aliphatic rings. The molecule has 1 heterocycles. The summed E-state index contributed by atoms with van der Waals surface area (Å²) in [7, 11) is 1.55. The minimum absolute atomic E-state index is 0.0389. The van der Waals surface area contributed by atoms with E-state index in [0.717, 1.165) is 35.1 Å². The van der Waals surface area contributed by atoms with Crippen molar-refractivity contribution in [3.8, 4) is 11.5 Å². The minimum atomic E-state index is -0.500. The Morgan fingerprint density at radius 2 is 1.85 bits per heavy atom. The number of rotatable bonds is 9. The maximum absolute atomic E-state index is 12.8. The van der Waals surface area contributed by atoms with Crippen LogP contribution in [0.3, 0.4) is 0 Å². The molecular formula is C25H28N2O5S. The highest BCUT2D eigenvalue weighted by molar-refractivity contribution is 8.18. The van der Waals surface area contributed by atoms with Crippen molar-refractivity contribution in [3.63, 3.8) is 0 Å². The van der Waals surface area contributed by atoms with E-state index in [2.05, 4.69) is 5.32 Å². The van der Waals surface area contributed by atoms with Crippen molar-refractivity contribution in [1.29, 1.82) is 0 Å². The SMILES string of the molecule is CCc1ccc(NC(=O)CN2C(=O)S/C(=C\c3ccc(O[C@@H](C)CC)c(OC)c3)C2=O)cc1. The highest BCUT2D eigenvalue weighted by Gasteiger charge is 2.36. The number of ether oxygens (including phenoxy) is 2. The van der Waals surface area contributed by atoms with Crippen LogP contribution in [0.4, 0.5) is 10.5 Å². The number of imide groups is 1. The zero-order valence-corrected chi connectivity index (χ0v) is 20.0. The van der Waals surface area contributed by atoms with E-state index in [9.17, 15) is 14.4 Å². The van der Waals surface area contributed by atoms with Crippen LogP contribution in [0.15, 0.2) is 47.4 Å². The van der Waals surface area contributed by atoms with E-state index in [1.807, 2.05) is 32.9 Å². The monoisotopic (exact) mass is 468 g/mol. The van der Waals surface area contributed by atoms with Crippen molar-refractivity contribution >= 4 is 40.6 Å². The van der Waals surface area contributed by atoms with Crippen LogP contribution in [0.1, 0.15) is 38.3 Å². The third kappa shape index (κ3) is 6.16. The van der Waals surface area contributed by atoms with Gasteiger partial charge < -0.3 is 14.8 Å². The number of benzene rings is 2. The van der Waals surface area contributed by atoms with Gasteiger partial charge in [-0.05, 0) is 73.0 Å². The average Bonchev–Trinajstić information content (AvgIpc) is 3.07. The highest BCUT2D eigenvalue weighted by Crippen LogP contribution is 2.35. The molecule has 33 heavy (non-hydrogen) atoms. The zero-order chi connectivity index (χ0) is 24.0. The molecule has 1 atom stereocenters. The number of hydrogen-bond donors (Lipinski definition) is 1. The average molecular weight is 469 g/mol. The normalized spacial score (nSPS) is 15.6. The van der Waals surface area contributed by atoms with Crippen LogP contribution in [0.5, 0.6) is 11.5 Å². The fourth-order valence-corrected chi connectivity index (χ4v) is 3.97. The predicted molar refractivity (Wildman–Crippen MR) is 131 cm³/mol. The molecule has 0 aliphatic carbocycles. The van der Waals surface area contributed by atoms with Crippen molar-refractivity contribution in [2.75, 3.05) is 19.0 Å². The number of methoxy groups -OCH3 is 1. The van der Waals surface area contributed by atoms with Crippen molar-refractivity contribution in [2.24, 2.45) is 0 Å². The molecule has 174 valence electrons. The van der Waals surface area contributed by atoms with Crippen LogP contribution >= 0.6 is 11.8 Å². The summed E-state index contributed by atoms with van der Waals surface area (Å²) in [4.78, 5) is 38.8. The second kappa shape index (κ2) is 11.0. The molecule has 0 unspecified atom stereocenters. The summed E-state index contributed by atoms with van der Waals surface area (Å²) in [5.41, 5.74) is 2.46. The summed E-state index contributed by atoms with van der Waals surface area (Å²) in [6, 6.07) is 12.8. The number of carbonyl (C=O) groups is 3. The highest BCUT2D eigenvalue weighted by atomic mass is 32.2. The molecule has 3 rings (SSSR count). The van der Waals surface area contributed by atoms with E-state index in [-0.39, 0.29) is 17.6 Å². The molecule has 1 N–H and O–H groups in total. The first-order valence-electron chi connectivity index (χ1n) is 10.8. The largest absolute Gasteiger partial charge is 0.493 e. The standard InChI is InChI=1S/C25H28N2O5S/c1-5-16(3)32-20-12-9-18(13-21(20)31-4)14-22-24(29)27(25(30)33-22)15-23(28)26-19-10-7-17(6-2)8-11-19/h7-14,16H,5-6,15H2,1-4H3,(H,26,28)/b22-14-/t16-/m0/s1. The van der Waals surface area contributed by atoms with Crippen molar-refractivity contribution in [1.82, 2.24) is 4.90 Å². The Morgan fingerprint density at radius 1 is 1.12 bits per heavy atom. The lowest BCUT2D eigenvalue weighted by Crippen LogP contribution is -2.36. The van der Waals surface area contributed by atoms with Crippen LogP contribution in [-0.4, -0.2) is 41.7 Å². The number of nitrogens with one attached hydrogen (secondary N) is 1. The molecule has 0 bridgehead atoms. The Balaban J connectivity index is 1.69. The van der Waals surface area contributed by atoms with Crippen LogP contribution in [-0.2, 0) is 16.0 Å². The van der Waals surface area contributed by atoms with Gasteiger partial charge in [0.1, 0.15) is 6.54 Å². The van der Waals surface area contributed by atoms with Crippen molar-refractivity contribution in [2.45, 2.75) is 39.7 Å². The van der Waals surface area contributed by atoms with Crippen LogP contribution in [0.2, 0.25) is 0 Å². The first-order valence-corrected chi connectivity index (χ1v) is 11.6. The lowest BCUT2D eigenvalue weighted by atomic mass is 10.1. The van der Waals surface area contributed by atoms with Gasteiger partial charge in [0, 0.05) is 5.69 Å². The number of carbonyl (C=O) groups excluding carboxylic acids is 3. The molecule has 2 aromatic rings. The Morgan fingerprint density at radius 3 is 2.48 bits per heavy atom. The zero-order valence-electron chi connectivity index (χ0n) is 19.2. The van der Waals surface area contributed by atoms with Gasteiger partial charge in [0.05, 0.1) is 18.1 Å². The summed E-state index contributed by atoms with van der Waals surface area (Å²) in [6.45, 7) is 5.71. The number of aryl methyl sites for hydroxylation is 1. The predicted octanol–water partition coefficient (Wildman–Crippen LogP) is 5.11. The second-order valence-corrected chi connectivity index (χ2v) is 8.61. The maximum Gasteiger partial charge on any atom is 0.294 e. The molecule has 7 nitrogen and oxygen atoms in total. The molecule has 1 aliphatic heterocycles. The first kappa shape index (κ1) is 24.4. The van der Waals surface area contributed by atoms with E-state index in [4.69, 9.17) is 9.47 Å². The Kier molecular flexibility index (Phi) is 8.16. The number of amides is 3. The van der Waals surface area contributed by atoms with Crippen molar-refractivity contribution < 1.29 is 23.9 Å². The number of nitrogens with zero attached hydrogens (tertiary/aromatic N) is 1. The summed E-state index contributed by atoms with van der Waals surface area (Å²) in [6.07, 6.45) is 3.41. The van der Waals surface area contributed by atoms with Crippen LogP contribution in [0, 0.1) is 0 Å². The van der Waals surface area contributed by atoms with Crippen LogP contribution in [0.25, 0.3) is 6.08 Å². The van der Waals surface area contributed by atoms with Crippen LogP contribution < -0.4 is 14.8 Å². The summed E-state index contributed by atoms with van der Waals surface area (Å²) in [5.74, 6) is 0.217. The Labute approximate surface area is 198 Å². The molecule has 1 saturated heterocycles. The molecule has 1 fully saturated rings. The summed E-state index contributed by atoms with van der Waals surface area (Å²) < 4.78 is 11.3. The molecule has 3 amide bonds. The molecule has 0 radical (unpaired) electrons. The third-order valence-electron chi connectivity index (χ3n) is 5.21. The van der Waals surface area contributed by atoms with Gasteiger partial charge in [-0.1, -0.05) is 32.0 Å². The van der Waals surface area contributed by atoms with Crippen molar-refractivity contribution in [3.05, 3.63) is 58.5 Å².